The van der Waals surface area contributed by atoms with Gasteiger partial charge in [-0.15, -0.1) is 11.3 Å². The van der Waals surface area contributed by atoms with Gasteiger partial charge in [-0.2, -0.15) is 5.10 Å². The Morgan fingerprint density at radius 3 is 2.60 bits per heavy atom. The average Bonchev–Trinajstić information content (AvgIpc) is 3.50. The number of imide groups is 1. The van der Waals surface area contributed by atoms with Gasteiger partial charge in [0.25, 0.3) is 5.91 Å². The van der Waals surface area contributed by atoms with Crippen molar-refractivity contribution in [3.8, 4) is 11.3 Å². The summed E-state index contributed by atoms with van der Waals surface area (Å²) in [6.07, 6.45) is 11.7. The molecule has 4 aliphatic rings. The average molecular weight is 623 g/mol. The van der Waals surface area contributed by atoms with Crippen LogP contribution in [0, 0.1) is 5.92 Å². The van der Waals surface area contributed by atoms with Crippen LogP contribution < -0.4 is 16.0 Å². The van der Waals surface area contributed by atoms with Gasteiger partial charge in [-0.25, -0.2) is 9.97 Å². The number of amides is 3. The van der Waals surface area contributed by atoms with Crippen LogP contribution in [-0.4, -0.2) is 60.5 Å². The number of aromatic nitrogens is 4. The van der Waals surface area contributed by atoms with Gasteiger partial charge in [0.2, 0.25) is 17.8 Å². The largest absolute Gasteiger partial charge is 0.351 e. The Morgan fingerprint density at radius 2 is 1.84 bits per heavy atom. The zero-order valence-electron chi connectivity index (χ0n) is 24.1. The van der Waals surface area contributed by atoms with E-state index in [9.17, 15) is 14.4 Å². The standard InChI is InChI=1S/C30H35ClN8O3S/c1-38-24(10-16-2-3-16)19(11-34-38)27-22(31)12-33-30(37-27)35-18-6-4-17(5-7-18)32-13-25-20-14-39(29(42)21(20)15-43-25)23-8-9-26(40)36-28(23)41/h11-12,15-18,23,32H,2-10,13-14H2,1H3,(H,33,35,37)(H,36,40,41). The Balaban J connectivity index is 0.929. The lowest BCUT2D eigenvalue weighted by Crippen LogP contribution is -2.52. The highest BCUT2D eigenvalue weighted by Crippen LogP contribution is 2.37. The van der Waals surface area contributed by atoms with Crippen LogP contribution in [0.4, 0.5) is 5.95 Å². The summed E-state index contributed by atoms with van der Waals surface area (Å²) >= 11 is 8.15. The second-order valence-corrected chi connectivity index (χ2v) is 13.6. The number of halogens is 1. The predicted molar refractivity (Wildman–Crippen MR) is 163 cm³/mol. The van der Waals surface area contributed by atoms with E-state index in [2.05, 4.69) is 26.0 Å². The summed E-state index contributed by atoms with van der Waals surface area (Å²) < 4.78 is 1.93. The first-order valence-corrected chi connectivity index (χ1v) is 16.4. The molecule has 3 fully saturated rings. The summed E-state index contributed by atoms with van der Waals surface area (Å²) in [5, 5.41) is 16.5. The molecule has 43 heavy (non-hydrogen) atoms. The molecule has 3 amide bonds. The molecule has 0 radical (unpaired) electrons. The van der Waals surface area contributed by atoms with Crippen molar-refractivity contribution in [2.24, 2.45) is 13.0 Å². The zero-order valence-corrected chi connectivity index (χ0v) is 25.6. The summed E-state index contributed by atoms with van der Waals surface area (Å²) in [5.74, 6) is 0.557. The van der Waals surface area contributed by atoms with Crippen molar-refractivity contribution in [1.29, 1.82) is 0 Å². The lowest BCUT2D eigenvalue weighted by Gasteiger charge is -2.30. The molecule has 7 rings (SSSR count). The van der Waals surface area contributed by atoms with E-state index < -0.39 is 6.04 Å². The number of nitrogens with zero attached hydrogens (tertiary/aromatic N) is 5. The molecular weight excluding hydrogens is 588 g/mol. The van der Waals surface area contributed by atoms with Gasteiger partial charge >= 0.3 is 0 Å². The Kier molecular flexibility index (Phi) is 7.68. The lowest BCUT2D eigenvalue weighted by atomic mass is 9.91. The highest BCUT2D eigenvalue weighted by molar-refractivity contribution is 7.10. The Hall–Kier alpha value is -3.35. The molecule has 2 saturated carbocycles. The molecule has 0 bridgehead atoms. The number of hydrogen-bond acceptors (Lipinski definition) is 9. The molecule has 13 heteroatoms. The van der Waals surface area contributed by atoms with Gasteiger partial charge in [0.05, 0.1) is 28.7 Å². The lowest BCUT2D eigenvalue weighted by molar-refractivity contribution is -0.136. The predicted octanol–water partition coefficient (Wildman–Crippen LogP) is 3.82. The fourth-order valence-corrected chi connectivity index (χ4v) is 7.72. The van der Waals surface area contributed by atoms with Crippen molar-refractivity contribution >= 4 is 46.6 Å². The number of rotatable bonds is 9. The third-order valence-electron chi connectivity index (χ3n) is 9.24. The first-order chi connectivity index (χ1) is 20.8. The smallest absolute Gasteiger partial charge is 0.256 e. The van der Waals surface area contributed by atoms with Crippen LogP contribution in [0.25, 0.3) is 11.3 Å². The molecule has 11 nitrogen and oxygen atoms in total. The number of piperidine rings is 1. The van der Waals surface area contributed by atoms with Crippen molar-refractivity contribution in [1.82, 2.24) is 35.3 Å². The van der Waals surface area contributed by atoms with Crippen molar-refractivity contribution < 1.29 is 14.4 Å². The summed E-state index contributed by atoms with van der Waals surface area (Å²) in [5.41, 5.74) is 4.58. The molecule has 3 aromatic rings. The van der Waals surface area contributed by atoms with Crippen molar-refractivity contribution in [3.63, 3.8) is 0 Å². The monoisotopic (exact) mass is 622 g/mol. The van der Waals surface area contributed by atoms with Crippen molar-refractivity contribution in [2.45, 2.75) is 89.0 Å². The van der Waals surface area contributed by atoms with Crippen LogP contribution in [0.3, 0.4) is 0 Å². The maximum atomic E-state index is 13.0. The van der Waals surface area contributed by atoms with Crippen LogP contribution >= 0.6 is 22.9 Å². The minimum Gasteiger partial charge on any atom is -0.351 e. The third-order valence-corrected chi connectivity index (χ3v) is 10.5. The quantitative estimate of drug-likeness (QED) is 0.307. The summed E-state index contributed by atoms with van der Waals surface area (Å²) in [4.78, 5) is 49.0. The van der Waals surface area contributed by atoms with E-state index in [1.807, 2.05) is 23.3 Å². The van der Waals surface area contributed by atoms with Crippen molar-refractivity contribution in [2.75, 3.05) is 5.32 Å². The Labute approximate surface area is 258 Å². The second-order valence-electron chi connectivity index (χ2n) is 12.2. The van der Waals surface area contributed by atoms with E-state index in [0.717, 1.165) is 59.7 Å². The molecule has 3 aromatic heterocycles. The fourth-order valence-electron chi connectivity index (χ4n) is 6.54. The molecule has 0 aromatic carbocycles. The molecule has 2 aliphatic heterocycles. The Bertz CT molecular complexity index is 1570. The maximum Gasteiger partial charge on any atom is 0.256 e. The molecule has 2 aliphatic carbocycles. The van der Waals surface area contributed by atoms with E-state index in [4.69, 9.17) is 16.6 Å². The van der Waals surface area contributed by atoms with Crippen molar-refractivity contribution in [3.05, 3.63) is 44.5 Å². The number of carbonyl (C=O) groups excluding carboxylic acids is 3. The van der Waals surface area contributed by atoms with Gasteiger partial charge in [-0.3, -0.25) is 24.4 Å². The maximum absolute atomic E-state index is 13.0. The van der Waals surface area contributed by atoms with E-state index in [1.165, 1.54) is 18.5 Å². The number of nitrogens with one attached hydrogen (secondary N) is 3. The minimum absolute atomic E-state index is 0.117. The number of carbonyl (C=O) groups is 3. The summed E-state index contributed by atoms with van der Waals surface area (Å²) in [6, 6.07) is 0.0693. The molecule has 1 atom stereocenters. The van der Waals surface area contributed by atoms with Crippen LogP contribution in [-0.2, 0) is 36.1 Å². The van der Waals surface area contributed by atoms with Crippen LogP contribution in [0.2, 0.25) is 5.02 Å². The SMILES string of the molecule is Cn1ncc(-c2nc(NC3CCC(NCc4scc5c4CN(C4CCC(=O)NC4=O)C5=O)CC3)ncc2Cl)c1CC1CC1. The van der Waals surface area contributed by atoms with E-state index in [1.54, 1.807) is 22.4 Å². The Morgan fingerprint density at radius 1 is 1.05 bits per heavy atom. The normalized spacial score (nSPS) is 23.9. The van der Waals surface area contributed by atoms with E-state index >= 15 is 0 Å². The van der Waals surface area contributed by atoms with Crippen LogP contribution in [0.15, 0.2) is 17.8 Å². The van der Waals surface area contributed by atoms with Gasteiger partial charge in [0.15, 0.2) is 0 Å². The summed E-state index contributed by atoms with van der Waals surface area (Å²) in [6.45, 7) is 1.11. The number of hydrogen-bond donors (Lipinski definition) is 3. The first-order valence-electron chi connectivity index (χ1n) is 15.1. The van der Waals surface area contributed by atoms with Gasteiger partial charge in [0.1, 0.15) is 6.04 Å². The van der Waals surface area contributed by atoms with E-state index in [0.29, 0.717) is 42.1 Å². The van der Waals surface area contributed by atoms with Gasteiger partial charge in [-0.1, -0.05) is 11.6 Å². The second kappa shape index (κ2) is 11.6. The fraction of sp³-hybridized carbons (Fsp3) is 0.533. The van der Waals surface area contributed by atoms with Gasteiger partial charge in [-0.05, 0) is 62.8 Å². The highest BCUT2D eigenvalue weighted by atomic mass is 35.5. The minimum atomic E-state index is -0.582. The molecule has 5 heterocycles. The molecule has 3 N–H and O–H groups in total. The summed E-state index contributed by atoms with van der Waals surface area (Å²) in [7, 11) is 1.98. The molecule has 1 unspecified atom stereocenters. The molecule has 226 valence electrons. The third kappa shape index (κ3) is 5.80. The van der Waals surface area contributed by atoms with Gasteiger partial charge < -0.3 is 15.5 Å². The van der Waals surface area contributed by atoms with Gasteiger partial charge in [0, 0.05) is 60.2 Å². The number of anilines is 1. The highest BCUT2D eigenvalue weighted by Gasteiger charge is 2.40. The number of thiophene rings is 1. The molecular formula is C30H35ClN8O3S. The van der Waals surface area contributed by atoms with Crippen LogP contribution in [0.1, 0.15) is 77.9 Å². The molecule has 1 saturated heterocycles. The molecule has 0 spiro atoms. The first kappa shape index (κ1) is 28.4. The number of aryl methyl sites for hydroxylation is 1. The zero-order chi connectivity index (χ0) is 29.7. The topological polar surface area (TPSA) is 134 Å². The number of fused-ring (bicyclic) bond motifs is 1. The van der Waals surface area contributed by atoms with E-state index in [-0.39, 0.29) is 30.2 Å². The van der Waals surface area contributed by atoms with Crippen LogP contribution in [0.5, 0.6) is 0 Å².